The molecule has 3 N–H and O–H groups in total. The molecular formula is C17H24ClN3O2. The molecule has 0 saturated heterocycles. The van der Waals surface area contributed by atoms with E-state index in [0.717, 1.165) is 37.8 Å². The van der Waals surface area contributed by atoms with E-state index in [1.165, 1.54) is 0 Å². The van der Waals surface area contributed by atoms with Crippen LogP contribution in [0.4, 0.5) is 5.69 Å². The summed E-state index contributed by atoms with van der Waals surface area (Å²) < 4.78 is 0. The number of hydrogen-bond donors (Lipinski definition) is 2. The monoisotopic (exact) mass is 337 g/mol. The SMILES string of the molecule is CN1CCc2ccc(NC(=O)C[C@@H]3CCC[C@H]3N)cc2C1=O.Cl. The fourth-order valence-electron chi connectivity index (χ4n) is 3.44. The Morgan fingerprint density at radius 3 is 2.87 bits per heavy atom. The maximum atomic E-state index is 12.2. The van der Waals surface area contributed by atoms with Crippen LogP contribution >= 0.6 is 12.4 Å². The first-order chi connectivity index (χ1) is 10.5. The average Bonchev–Trinajstić information content (AvgIpc) is 2.88. The van der Waals surface area contributed by atoms with Crippen molar-refractivity contribution in [2.75, 3.05) is 18.9 Å². The van der Waals surface area contributed by atoms with Gasteiger partial charge in [0, 0.05) is 37.3 Å². The molecule has 1 saturated carbocycles. The molecular weight excluding hydrogens is 314 g/mol. The van der Waals surface area contributed by atoms with Gasteiger partial charge in [-0.3, -0.25) is 9.59 Å². The van der Waals surface area contributed by atoms with Crippen molar-refractivity contribution in [1.29, 1.82) is 0 Å². The molecule has 0 spiro atoms. The molecule has 2 amide bonds. The fourth-order valence-corrected chi connectivity index (χ4v) is 3.44. The summed E-state index contributed by atoms with van der Waals surface area (Å²) in [6.45, 7) is 0.747. The van der Waals surface area contributed by atoms with Gasteiger partial charge in [-0.05, 0) is 42.9 Å². The Labute approximate surface area is 143 Å². The number of fused-ring (bicyclic) bond motifs is 1. The van der Waals surface area contributed by atoms with Crippen LogP contribution in [0.5, 0.6) is 0 Å². The van der Waals surface area contributed by atoms with Crippen LogP contribution in [0.3, 0.4) is 0 Å². The molecule has 0 bridgehead atoms. The molecule has 126 valence electrons. The van der Waals surface area contributed by atoms with Gasteiger partial charge in [0.15, 0.2) is 0 Å². The van der Waals surface area contributed by atoms with Gasteiger partial charge >= 0.3 is 0 Å². The first-order valence-corrected chi connectivity index (χ1v) is 7.98. The Morgan fingerprint density at radius 2 is 2.17 bits per heavy atom. The number of halogens is 1. The third kappa shape index (κ3) is 3.85. The predicted octanol–water partition coefficient (Wildman–Crippen LogP) is 2.19. The maximum Gasteiger partial charge on any atom is 0.253 e. The number of carbonyl (C=O) groups is 2. The van der Waals surface area contributed by atoms with Crippen LogP contribution < -0.4 is 11.1 Å². The number of carbonyl (C=O) groups excluding carboxylic acids is 2. The van der Waals surface area contributed by atoms with Crippen LogP contribution in [-0.2, 0) is 11.2 Å². The van der Waals surface area contributed by atoms with Crippen molar-refractivity contribution in [2.24, 2.45) is 11.7 Å². The van der Waals surface area contributed by atoms with Crippen LogP contribution in [0.15, 0.2) is 18.2 Å². The van der Waals surface area contributed by atoms with Crippen molar-refractivity contribution in [3.05, 3.63) is 29.3 Å². The van der Waals surface area contributed by atoms with Gasteiger partial charge in [0.2, 0.25) is 5.91 Å². The summed E-state index contributed by atoms with van der Waals surface area (Å²) in [4.78, 5) is 26.1. The van der Waals surface area contributed by atoms with E-state index in [9.17, 15) is 9.59 Å². The third-order valence-corrected chi connectivity index (χ3v) is 4.85. The molecule has 0 unspecified atom stereocenters. The minimum Gasteiger partial charge on any atom is -0.341 e. The van der Waals surface area contributed by atoms with Crippen LogP contribution in [0.1, 0.15) is 41.6 Å². The standard InChI is InChI=1S/C17H23N3O2.ClH/c1-20-8-7-11-5-6-13(10-14(11)17(20)22)19-16(21)9-12-3-2-4-15(12)18;/h5-6,10,12,15H,2-4,7-9,18H2,1H3,(H,19,21);1H/t12-,15+;/m0./s1. The van der Waals surface area contributed by atoms with Crippen LogP contribution in [-0.4, -0.2) is 36.3 Å². The van der Waals surface area contributed by atoms with Crippen molar-refractivity contribution < 1.29 is 9.59 Å². The second kappa shape index (κ2) is 7.32. The molecule has 1 aromatic rings. The Morgan fingerprint density at radius 1 is 1.39 bits per heavy atom. The van der Waals surface area contributed by atoms with E-state index in [2.05, 4.69) is 5.32 Å². The Balaban J connectivity index is 0.00000192. The molecule has 3 rings (SSSR count). The Hall–Kier alpha value is -1.59. The molecule has 2 atom stereocenters. The van der Waals surface area contributed by atoms with E-state index in [1.54, 1.807) is 18.0 Å². The molecule has 0 aromatic heterocycles. The molecule has 1 fully saturated rings. The van der Waals surface area contributed by atoms with Crippen molar-refractivity contribution >= 4 is 29.9 Å². The number of nitrogens with zero attached hydrogens (tertiary/aromatic N) is 1. The zero-order valence-electron chi connectivity index (χ0n) is 13.4. The molecule has 1 heterocycles. The smallest absolute Gasteiger partial charge is 0.253 e. The molecule has 2 aliphatic rings. The van der Waals surface area contributed by atoms with Crippen molar-refractivity contribution in [1.82, 2.24) is 4.90 Å². The normalized spacial score (nSPS) is 23.2. The number of nitrogens with two attached hydrogens (primary N) is 1. The quantitative estimate of drug-likeness (QED) is 0.887. The summed E-state index contributed by atoms with van der Waals surface area (Å²) in [5.41, 5.74) is 8.46. The van der Waals surface area contributed by atoms with Crippen LogP contribution in [0.25, 0.3) is 0 Å². The first-order valence-electron chi connectivity index (χ1n) is 7.98. The second-order valence-corrected chi connectivity index (χ2v) is 6.46. The van der Waals surface area contributed by atoms with E-state index in [-0.39, 0.29) is 36.2 Å². The van der Waals surface area contributed by atoms with E-state index >= 15 is 0 Å². The number of likely N-dealkylation sites (N-methyl/N-ethyl adjacent to an activating group) is 1. The van der Waals surface area contributed by atoms with Crippen molar-refractivity contribution in [2.45, 2.75) is 38.1 Å². The third-order valence-electron chi connectivity index (χ3n) is 4.85. The predicted molar refractivity (Wildman–Crippen MR) is 92.9 cm³/mol. The summed E-state index contributed by atoms with van der Waals surface area (Å²) in [7, 11) is 1.80. The van der Waals surface area contributed by atoms with Gasteiger partial charge in [-0.2, -0.15) is 0 Å². The molecule has 1 aliphatic heterocycles. The lowest BCUT2D eigenvalue weighted by Crippen LogP contribution is -2.34. The number of amides is 2. The minimum atomic E-state index is -0.0149. The largest absolute Gasteiger partial charge is 0.341 e. The number of benzene rings is 1. The second-order valence-electron chi connectivity index (χ2n) is 6.46. The topological polar surface area (TPSA) is 75.4 Å². The zero-order chi connectivity index (χ0) is 15.7. The lowest BCUT2D eigenvalue weighted by atomic mass is 9.98. The number of nitrogens with one attached hydrogen (secondary N) is 1. The summed E-state index contributed by atoms with van der Waals surface area (Å²) in [5, 5.41) is 2.91. The summed E-state index contributed by atoms with van der Waals surface area (Å²) in [5.74, 6) is 0.291. The number of rotatable bonds is 3. The van der Waals surface area contributed by atoms with E-state index in [4.69, 9.17) is 5.73 Å². The lowest BCUT2D eigenvalue weighted by Gasteiger charge is -2.25. The number of hydrogen-bond acceptors (Lipinski definition) is 3. The summed E-state index contributed by atoms with van der Waals surface area (Å²) >= 11 is 0. The highest BCUT2D eigenvalue weighted by Crippen LogP contribution is 2.27. The Kier molecular flexibility index (Phi) is 5.65. The van der Waals surface area contributed by atoms with Gasteiger partial charge < -0.3 is 16.0 Å². The van der Waals surface area contributed by atoms with Gasteiger partial charge in [-0.15, -0.1) is 12.4 Å². The molecule has 6 heteroatoms. The number of anilines is 1. The Bertz CT molecular complexity index is 606. The lowest BCUT2D eigenvalue weighted by molar-refractivity contribution is -0.117. The van der Waals surface area contributed by atoms with E-state index < -0.39 is 0 Å². The van der Waals surface area contributed by atoms with Gasteiger partial charge in [0.1, 0.15) is 0 Å². The molecule has 0 radical (unpaired) electrons. The van der Waals surface area contributed by atoms with Gasteiger partial charge in [0.05, 0.1) is 0 Å². The van der Waals surface area contributed by atoms with Gasteiger partial charge in [0.25, 0.3) is 5.91 Å². The first kappa shape index (κ1) is 17.8. The summed E-state index contributed by atoms with van der Waals surface area (Å²) in [6.07, 6.45) is 4.48. The summed E-state index contributed by atoms with van der Waals surface area (Å²) in [6, 6.07) is 5.76. The van der Waals surface area contributed by atoms with Crippen molar-refractivity contribution in [3.63, 3.8) is 0 Å². The fraction of sp³-hybridized carbons (Fsp3) is 0.529. The molecule has 5 nitrogen and oxygen atoms in total. The minimum absolute atomic E-state index is 0. The highest BCUT2D eigenvalue weighted by molar-refractivity contribution is 5.99. The highest BCUT2D eigenvalue weighted by atomic mass is 35.5. The van der Waals surface area contributed by atoms with Crippen molar-refractivity contribution in [3.8, 4) is 0 Å². The van der Waals surface area contributed by atoms with Crippen LogP contribution in [0.2, 0.25) is 0 Å². The van der Waals surface area contributed by atoms with Gasteiger partial charge in [-0.1, -0.05) is 12.5 Å². The zero-order valence-corrected chi connectivity index (χ0v) is 14.2. The van der Waals surface area contributed by atoms with Gasteiger partial charge in [-0.25, -0.2) is 0 Å². The maximum absolute atomic E-state index is 12.2. The molecule has 1 aliphatic carbocycles. The highest BCUT2D eigenvalue weighted by Gasteiger charge is 2.26. The van der Waals surface area contributed by atoms with E-state index in [0.29, 0.717) is 17.7 Å². The molecule has 23 heavy (non-hydrogen) atoms. The van der Waals surface area contributed by atoms with E-state index in [1.807, 2.05) is 12.1 Å². The van der Waals surface area contributed by atoms with Crippen LogP contribution in [0, 0.1) is 5.92 Å². The average molecular weight is 338 g/mol. The molecule has 1 aromatic carbocycles.